The van der Waals surface area contributed by atoms with Crippen molar-refractivity contribution < 1.29 is 13.2 Å². The fourth-order valence-electron chi connectivity index (χ4n) is 3.48. The lowest BCUT2D eigenvalue weighted by Crippen LogP contribution is -2.23. The highest BCUT2D eigenvalue weighted by atomic mass is 32.2. The van der Waals surface area contributed by atoms with Gasteiger partial charge in [-0.25, -0.2) is 23.5 Å². The second kappa shape index (κ2) is 8.74. The molecule has 8 nitrogen and oxygen atoms in total. The summed E-state index contributed by atoms with van der Waals surface area (Å²) in [5.74, 6) is 0.665. The number of imidazole rings is 1. The number of hydrogen-bond acceptors (Lipinski definition) is 6. The molecule has 4 rings (SSSR count). The Bertz CT molecular complexity index is 1330. The average molecular weight is 458 g/mol. The molecule has 3 N–H and O–H groups in total. The number of nitrogens with zero attached hydrogens (tertiary/aromatic N) is 3. The number of nitrogens with one attached hydrogen (secondary N) is 1. The zero-order valence-corrected chi connectivity index (χ0v) is 18.7. The first kappa shape index (κ1) is 21.4. The molecule has 162 valence electrons. The van der Waals surface area contributed by atoms with Crippen LogP contribution in [0.2, 0.25) is 0 Å². The third-order valence-electron chi connectivity index (χ3n) is 4.93. The van der Waals surface area contributed by atoms with E-state index < -0.39 is 10.0 Å². The molecule has 0 saturated carbocycles. The SMILES string of the molecule is CCCn1c(CCC(=O)NCc2nc3ccccc3s2)nc2cc(S(N)(=O)=O)ccc21. The van der Waals surface area contributed by atoms with Crippen LogP contribution in [-0.2, 0) is 34.3 Å². The first-order chi connectivity index (χ1) is 14.8. The van der Waals surface area contributed by atoms with Crippen LogP contribution in [0.1, 0.15) is 30.6 Å². The van der Waals surface area contributed by atoms with E-state index in [1.807, 2.05) is 28.8 Å². The van der Waals surface area contributed by atoms with Gasteiger partial charge in [0.15, 0.2) is 0 Å². The number of benzene rings is 2. The van der Waals surface area contributed by atoms with Crippen molar-refractivity contribution in [2.75, 3.05) is 0 Å². The zero-order valence-electron chi connectivity index (χ0n) is 17.0. The summed E-state index contributed by atoms with van der Waals surface area (Å²) in [5, 5.41) is 9.02. The minimum absolute atomic E-state index is 0.0290. The summed E-state index contributed by atoms with van der Waals surface area (Å²) in [6, 6.07) is 12.6. The Balaban J connectivity index is 1.45. The van der Waals surface area contributed by atoms with Crippen molar-refractivity contribution in [2.45, 2.75) is 44.2 Å². The number of rotatable bonds is 8. The molecule has 0 atom stereocenters. The van der Waals surface area contributed by atoms with Crippen LogP contribution in [0.4, 0.5) is 0 Å². The number of para-hydroxylation sites is 1. The van der Waals surface area contributed by atoms with Crippen molar-refractivity contribution in [3.05, 3.63) is 53.3 Å². The molecule has 2 heterocycles. The van der Waals surface area contributed by atoms with Gasteiger partial charge in [0.1, 0.15) is 10.8 Å². The maximum absolute atomic E-state index is 12.4. The van der Waals surface area contributed by atoms with Gasteiger partial charge in [-0.2, -0.15) is 0 Å². The van der Waals surface area contributed by atoms with E-state index in [-0.39, 0.29) is 17.2 Å². The van der Waals surface area contributed by atoms with E-state index in [0.717, 1.165) is 39.5 Å². The number of carbonyl (C=O) groups is 1. The topological polar surface area (TPSA) is 120 Å². The van der Waals surface area contributed by atoms with Crippen LogP contribution in [0.3, 0.4) is 0 Å². The molecule has 0 spiro atoms. The number of aryl methyl sites for hydroxylation is 2. The molecule has 10 heteroatoms. The van der Waals surface area contributed by atoms with Gasteiger partial charge in [-0.1, -0.05) is 19.1 Å². The number of amides is 1. The van der Waals surface area contributed by atoms with Gasteiger partial charge >= 0.3 is 0 Å². The van der Waals surface area contributed by atoms with E-state index in [4.69, 9.17) is 5.14 Å². The number of sulfonamides is 1. The summed E-state index contributed by atoms with van der Waals surface area (Å²) in [5.41, 5.74) is 2.33. The van der Waals surface area contributed by atoms with Crippen molar-refractivity contribution >= 4 is 48.5 Å². The molecule has 0 aliphatic heterocycles. The van der Waals surface area contributed by atoms with E-state index in [0.29, 0.717) is 18.5 Å². The molecule has 0 unspecified atom stereocenters. The Morgan fingerprint density at radius 3 is 2.71 bits per heavy atom. The zero-order chi connectivity index (χ0) is 22.0. The lowest BCUT2D eigenvalue weighted by Gasteiger charge is -2.08. The monoisotopic (exact) mass is 457 g/mol. The van der Waals surface area contributed by atoms with Crippen molar-refractivity contribution in [1.82, 2.24) is 19.9 Å². The van der Waals surface area contributed by atoms with Gasteiger partial charge in [0.2, 0.25) is 15.9 Å². The quantitative estimate of drug-likeness (QED) is 0.421. The maximum Gasteiger partial charge on any atom is 0.238 e. The molecule has 31 heavy (non-hydrogen) atoms. The summed E-state index contributed by atoms with van der Waals surface area (Å²) in [7, 11) is -3.80. The Morgan fingerprint density at radius 1 is 1.16 bits per heavy atom. The fourth-order valence-corrected chi connectivity index (χ4v) is 4.92. The van der Waals surface area contributed by atoms with Gasteiger partial charge in [-0.3, -0.25) is 4.79 Å². The van der Waals surface area contributed by atoms with Crippen LogP contribution < -0.4 is 10.5 Å². The highest BCUT2D eigenvalue weighted by Gasteiger charge is 2.15. The van der Waals surface area contributed by atoms with Crippen molar-refractivity contribution in [2.24, 2.45) is 5.14 Å². The Kier molecular flexibility index (Phi) is 6.03. The third-order valence-corrected chi connectivity index (χ3v) is 6.87. The molecule has 1 amide bonds. The molecule has 0 saturated heterocycles. The second-order valence-electron chi connectivity index (χ2n) is 7.23. The van der Waals surface area contributed by atoms with Crippen LogP contribution >= 0.6 is 11.3 Å². The molecule has 2 aromatic heterocycles. The largest absolute Gasteiger partial charge is 0.350 e. The summed E-state index contributed by atoms with van der Waals surface area (Å²) in [6.45, 7) is 3.17. The van der Waals surface area contributed by atoms with Crippen LogP contribution in [0.5, 0.6) is 0 Å². The van der Waals surface area contributed by atoms with Gasteiger partial charge < -0.3 is 9.88 Å². The normalized spacial score (nSPS) is 11.9. The number of aromatic nitrogens is 3. The molecular formula is C21H23N5O3S2. The average Bonchev–Trinajstić information content (AvgIpc) is 3.31. The van der Waals surface area contributed by atoms with Gasteiger partial charge in [0, 0.05) is 19.4 Å². The molecule has 0 fully saturated rings. The Labute approximate surface area is 184 Å². The maximum atomic E-state index is 12.4. The highest BCUT2D eigenvalue weighted by molar-refractivity contribution is 7.89. The van der Waals surface area contributed by atoms with Crippen LogP contribution in [0.15, 0.2) is 47.4 Å². The fraction of sp³-hybridized carbons (Fsp3) is 0.286. The van der Waals surface area contributed by atoms with E-state index in [1.54, 1.807) is 17.4 Å². The summed E-state index contributed by atoms with van der Waals surface area (Å²) < 4.78 is 26.4. The summed E-state index contributed by atoms with van der Waals surface area (Å²) >= 11 is 1.57. The Morgan fingerprint density at radius 2 is 1.97 bits per heavy atom. The number of fused-ring (bicyclic) bond motifs is 2. The van der Waals surface area contributed by atoms with Crippen molar-refractivity contribution in [3.8, 4) is 0 Å². The van der Waals surface area contributed by atoms with Crippen LogP contribution in [0.25, 0.3) is 21.3 Å². The van der Waals surface area contributed by atoms with Crippen molar-refractivity contribution in [1.29, 1.82) is 0 Å². The molecule has 2 aromatic carbocycles. The van der Waals surface area contributed by atoms with Gasteiger partial charge in [0.25, 0.3) is 0 Å². The molecule has 4 aromatic rings. The lowest BCUT2D eigenvalue weighted by atomic mass is 10.2. The standard InChI is InChI=1S/C21H23N5O3S2/c1-2-11-26-17-8-7-14(31(22,28)29)12-16(17)24-19(26)9-10-20(27)23-13-21-25-15-5-3-4-6-18(15)30-21/h3-8,12H,2,9-11,13H2,1H3,(H,23,27)(H2,22,28,29). The second-order valence-corrected chi connectivity index (χ2v) is 9.90. The molecule has 0 radical (unpaired) electrons. The van der Waals surface area contributed by atoms with Gasteiger partial charge in [-0.05, 0) is 36.8 Å². The van der Waals surface area contributed by atoms with Crippen LogP contribution in [0, 0.1) is 0 Å². The third kappa shape index (κ3) is 4.76. The lowest BCUT2D eigenvalue weighted by molar-refractivity contribution is -0.121. The number of thiazole rings is 1. The number of nitrogens with two attached hydrogens (primary N) is 1. The molecule has 0 aliphatic carbocycles. The number of carbonyl (C=O) groups excluding carboxylic acids is 1. The number of hydrogen-bond donors (Lipinski definition) is 2. The minimum atomic E-state index is -3.80. The highest BCUT2D eigenvalue weighted by Crippen LogP contribution is 2.22. The first-order valence-electron chi connectivity index (χ1n) is 9.98. The van der Waals surface area contributed by atoms with Gasteiger partial charge in [-0.15, -0.1) is 11.3 Å². The van der Waals surface area contributed by atoms with E-state index in [9.17, 15) is 13.2 Å². The minimum Gasteiger partial charge on any atom is -0.350 e. The smallest absolute Gasteiger partial charge is 0.238 e. The number of primary sulfonamides is 1. The van der Waals surface area contributed by atoms with E-state index in [1.165, 1.54) is 12.1 Å². The van der Waals surface area contributed by atoms with Crippen molar-refractivity contribution in [3.63, 3.8) is 0 Å². The summed E-state index contributed by atoms with van der Waals surface area (Å²) in [6.07, 6.45) is 1.62. The van der Waals surface area contributed by atoms with E-state index in [2.05, 4.69) is 22.2 Å². The Hall–Kier alpha value is -2.82. The molecular weight excluding hydrogens is 434 g/mol. The molecule has 0 bridgehead atoms. The summed E-state index contributed by atoms with van der Waals surface area (Å²) in [4.78, 5) is 21.5. The predicted molar refractivity (Wildman–Crippen MR) is 121 cm³/mol. The van der Waals surface area contributed by atoms with Gasteiger partial charge in [0.05, 0.1) is 32.7 Å². The molecule has 0 aliphatic rings. The predicted octanol–water partition coefficient (Wildman–Crippen LogP) is 2.95. The van der Waals surface area contributed by atoms with E-state index >= 15 is 0 Å². The van der Waals surface area contributed by atoms with Crippen LogP contribution in [-0.4, -0.2) is 28.9 Å². The first-order valence-corrected chi connectivity index (χ1v) is 12.3.